The zero-order chi connectivity index (χ0) is 20.0. The third kappa shape index (κ3) is 5.17. The minimum Gasteiger partial charge on any atom is -0.462 e. The van der Waals surface area contributed by atoms with Gasteiger partial charge in [-0.3, -0.25) is 9.59 Å². The lowest BCUT2D eigenvalue weighted by molar-refractivity contribution is -0.119. The van der Waals surface area contributed by atoms with E-state index >= 15 is 0 Å². The van der Waals surface area contributed by atoms with Gasteiger partial charge in [0.05, 0.1) is 12.2 Å². The van der Waals surface area contributed by atoms with E-state index in [2.05, 4.69) is 10.6 Å². The molecule has 0 radical (unpaired) electrons. The fourth-order valence-corrected chi connectivity index (χ4v) is 3.82. The first kappa shape index (κ1) is 20.6. The van der Waals surface area contributed by atoms with E-state index in [0.29, 0.717) is 29.1 Å². The van der Waals surface area contributed by atoms with Gasteiger partial charge >= 0.3 is 5.97 Å². The van der Waals surface area contributed by atoms with Gasteiger partial charge in [-0.1, -0.05) is 19.1 Å². The molecule has 0 fully saturated rings. The number of nitrogens with one attached hydrogen (secondary N) is 2. The number of ether oxygens (including phenoxy) is 1. The van der Waals surface area contributed by atoms with Gasteiger partial charge in [-0.05, 0) is 43.5 Å². The van der Waals surface area contributed by atoms with Crippen molar-refractivity contribution in [2.24, 2.45) is 0 Å². The van der Waals surface area contributed by atoms with Crippen LogP contribution in [-0.4, -0.2) is 24.4 Å². The number of hydrogen-bond donors (Lipinski definition) is 2. The fraction of sp³-hybridized carbons (Fsp3) is 0.350. The van der Waals surface area contributed by atoms with Gasteiger partial charge in [0.2, 0.25) is 5.91 Å². The molecule has 2 N–H and O–H groups in total. The molecule has 0 bridgehead atoms. The summed E-state index contributed by atoms with van der Waals surface area (Å²) in [4.78, 5) is 36.9. The molecule has 0 aliphatic rings. The van der Waals surface area contributed by atoms with Crippen LogP contribution in [0.5, 0.6) is 0 Å². The van der Waals surface area contributed by atoms with E-state index in [1.807, 2.05) is 13.8 Å². The van der Waals surface area contributed by atoms with Crippen LogP contribution in [-0.2, 0) is 22.5 Å². The normalized spacial score (nSPS) is 10.4. The lowest BCUT2D eigenvalue weighted by Crippen LogP contribution is -2.19. The lowest BCUT2D eigenvalue weighted by atomic mass is 10.1. The van der Waals surface area contributed by atoms with Gasteiger partial charge < -0.3 is 15.4 Å². The van der Waals surface area contributed by atoms with Gasteiger partial charge in [0, 0.05) is 23.9 Å². The van der Waals surface area contributed by atoms with Crippen molar-refractivity contribution in [2.45, 2.75) is 40.7 Å². The third-order valence-corrected chi connectivity index (χ3v) is 5.09. The second-order valence-corrected chi connectivity index (χ2v) is 7.20. The van der Waals surface area contributed by atoms with Gasteiger partial charge in [-0.15, -0.1) is 11.3 Å². The summed E-state index contributed by atoms with van der Waals surface area (Å²) in [6, 6.07) is 6.96. The molecule has 2 rings (SSSR count). The number of carbonyl (C=O) groups is 3. The van der Waals surface area contributed by atoms with Gasteiger partial charge in [-0.2, -0.15) is 0 Å². The number of rotatable bonds is 7. The highest BCUT2D eigenvalue weighted by Gasteiger charge is 2.23. The highest BCUT2D eigenvalue weighted by molar-refractivity contribution is 7.16. The van der Waals surface area contributed by atoms with Crippen molar-refractivity contribution in [3.63, 3.8) is 0 Å². The van der Waals surface area contributed by atoms with Crippen LogP contribution in [0.3, 0.4) is 0 Å². The zero-order valence-electron chi connectivity index (χ0n) is 16.0. The molecule has 2 amide bonds. The van der Waals surface area contributed by atoms with Crippen molar-refractivity contribution < 1.29 is 19.1 Å². The van der Waals surface area contributed by atoms with E-state index in [1.165, 1.54) is 18.3 Å². The van der Waals surface area contributed by atoms with Crippen LogP contribution in [0.1, 0.15) is 57.5 Å². The SMILES string of the molecule is CCOC(=O)c1c(NC(=O)c2ccc(CNC(C)=O)cc2)sc(C)c1CC. The summed E-state index contributed by atoms with van der Waals surface area (Å²) in [5.41, 5.74) is 2.71. The number of esters is 1. The number of thiophene rings is 1. The molecule has 2 aromatic rings. The molecule has 0 saturated carbocycles. The quantitative estimate of drug-likeness (QED) is 0.709. The Labute approximate surface area is 162 Å². The van der Waals surface area contributed by atoms with E-state index in [0.717, 1.165) is 16.0 Å². The number of anilines is 1. The average Bonchev–Trinajstić information content (AvgIpc) is 2.95. The molecule has 6 nitrogen and oxygen atoms in total. The predicted molar refractivity (Wildman–Crippen MR) is 106 cm³/mol. The van der Waals surface area contributed by atoms with Crippen LogP contribution in [0.4, 0.5) is 5.00 Å². The number of carbonyl (C=O) groups excluding carboxylic acids is 3. The summed E-state index contributed by atoms with van der Waals surface area (Å²) in [5.74, 6) is -0.821. The monoisotopic (exact) mass is 388 g/mol. The van der Waals surface area contributed by atoms with Crippen LogP contribution < -0.4 is 10.6 Å². The molecule has 1 aromatic carbocycles. The maximum atomic E-state index is 12.6. The topological polar surface area (TPSA) is 84.5 Å². The van der Waals surface area contributed by atoms with Crippen molar-refractivity contribution in [2.75, 3.05) is 11.9 Å². The number of amides is 2. The Morgan fingerprint density at radius 3 is 2.33 bits per heavy atom. The molecule has 0 saturated heterocycles. The number of hydrogen-bond acceptors (Lipinski definition) is 5. The Bertz CT molecular complexity index is 840. The Kier molecular flexibility index (Phi) is 7.12. The van der Waals surface area contributed by atoms with Crippen LogP contribution >= 0.6 is 11.3 Å². The Morgan fingerprint density at radius 1 is 1.11 bits per heavy atom. The van der Waals surface area contributed by atoms with Crippen LogP contribution in [0.2, 0.25) is 0 Å². The first-order chi connectivity index (χ1) is 12.9. The van der Waals surface area contributed by atoms with Gasteiger partial charge in [0.15, 0.2) is 0 Å². The predicted octanol–water partition coefficient (Wildman–Crippen LogP) is 3.68. The standard InChI is InChI=1S/C20H24N2O4S/c1-5-16-12(3)27-19(17(16)20(25)26-6-2)22-18(24)15-9-7-14(8-10-15)11-21-13(4)23/h7-10H,5-6,11H2,1-4H3,(H,21,23)(H,22,24). The Hall–Kier alpha value is -2.67. The van der Waals surface area contributed by atoms with E-state index in [-0.39, 0.29) is 18.4 Å². The smallest absolute Gasteiger partial charge is 0.341 e. The molecule has 27 heavy (non-hydrogen) atoms. The third-order valence-electron chi connectivity index (χ3n) is 4.03. The molecule has 0 spiro atoms. The van der Waals surface area contributed by atoms with E-state index in [9.17, 15) is 14.4 Å². The summed E-state index contributed by atoms with van der Waals surface area (Å²) in [7, 11) is 0. The molecule has 144 valence electrons. The first-order valence-corrected chi connectivity index (χ1v) is 9.63. The highest BCUT2D eigenvalue weighted by atomic mass is 32.1. The molecule has 0 atom stereocenters. The molecule has 0 aliphatic heterocycles. The van der Waals surface area contributed by atoms with E-state index in [4.69, 9.17) is 4.74 Å². The minimum atomic E-state index is -0.417. The van der Waals surface area contributed by atoms with Crippen molar-refractivity contribution in [3.05, 3.63) is 51.4 Å². The average molecular weight is 388 g/mol. The molecular weight excluding hydrogens is 364 g/mol. The summed E-state index contributed by atoms with van der Waals surface area (Å²) < 4.78 is 5.16. The summed E-state index contributed by atoms with van der Waals surface area (Å²) in [5, 5.41) is 6.06. The van der Waals surface area contributed by atoms with Crippen molar-refractivity contribution in [1.29, 1.82) is 0 Å². The van der Waals surface area contributed by atoms with Crippen molar-refractivity contribution in [3.8, 4) is 0 Å². The van der Waals surface area contributed by atoms with Crippen molar-refractivity contribution in [1.82, 2.24) is 5.32 Å². The van der Waals surface area contributed by atoms with Gasteiger partial charge in [0.25, 0.3) is 5.91 Å². The summed E-state index contributed by atoms with van der Waals surface area (Å²) >= 11 is 1.38. The molecule has 7 heteroatoms. The summed E-state index contributed by atoms with van der Waals surface area (Å²) in [6.07, 6.45) is 0.685. The second-order valence-electron chi connectivity index (χ2n) is 5.98. The number of benzene rings is 1. The maximum absolute atomic E-state index is 12.6. The number of aryl methyl sites for hydroxylation is 1. The van der Waals surface area contributed by atoms with Gasteiger partial charge in [-0.25, -0.2) is 4.79 Å². The summed E-state index contributed by atoms with van der Waals surface area (Å²) in [6.45, 7) is 7.80. The van der Waals surface area contributed by atoms with E-state index < -0.39 is 5.97 Å². The molecule has 1 aromatic heterocycles. The van der Waals surface area contributed by atoms with E-state index in [1.54, 1.807) is 31.2 Å². The molecule has 0 unspecified atom stereocenters. The Balaban J connectivity index is 2.20. The van der Waals surface area contributed by atoms with Crippen LogP contribution in [0.25, 0.3) is 0 Å². The van der Waals surface area contributed by atoms with Gasteiger partial charge in [0.1, 0.15) is 5.00 Å². The van der Waals surface area contributed by atoms with Crippen LogP contribution in [0.15, 0.2) is 24.3 Å². The Morgan fingerprint density at radius 2 is 1.78 bits per heavy atom. The minimum absolute atomic E-state index is 0.108. The first-order valence-electron chi connectivity index (χ1n) is 8.81. The fourth-order valence-electron chi connectivity index (χ4n) is 2.69. The lowest BCUT2D eigenvalue weighted by Gasteiger charge is -2.09. The van der Waals surface area contributed by atoms with Crippen molar-refractivity contribution >= 4 is 34.1 Å². The highest BCUT2D eigenvalue weighted by Crippen LogP contribution is 2.34. The maximum Gasteiger partial charge on any atom is 0.341 e. The molecule has 0 aliphatic carbocycles. The molecule has 1 heterocycles. The molecular formula is C20H24N2O4S. The zero-order valence-corrected chi connectivity index (χ0v) is 16.8. The van der Waals surface area contributed by atoms with Crippen LogP contribution in [0, 0.1) is 6.92 Å². The second kappa shape index (κ2) is 9.32. The largest absolute Gasteiger partial charge is 0.462 e.